The van der Waals surface area contributed by atoms with Crippen molar-refractivity contribution in [3.63, 3.8) is 0 Å². The Hall–Kier alpha value is -1.53. The Labute approximate surface area is 89.9 Å². The Kier molecular flexibility index (Phi) is 4.14. The molecule has 0 fully saturated rings. The van der Waals surface area contributed by atoms with E-state index in [1.165, 1.54) is 0 Å². The first-order valence-electron chi connectivity index (χ1n) is 5.00. The number of nitrogens with zero attached hydrogens (tertiary/aromatic N) is 1. The molecule has 0 aromatic heterocycles. The van der Waals surface area contributed by atoms with Crippen molar-refractivity contribution in [3.8, 4) is 11.8 Å². The number of hydrogen-bond donors (Lipinski definition) is 1. The molecular formula is C12H15NO2. The summed E-state index contributed by atoms with van der Waals surface area (Å²) in [6, 6.07) is 7.44. The van der Waals surface area contributed by atoms with E-state index in [4.69, 9.17) is 15.1 Å². The van der Waals surface area contributed by atoms with Crippen molar-refractivity contribution in [2.75, 3.05) is 13.2 Å². The van der Waals surface area contributed by atoms with E-state index in [0.717, 1.165) is 11.3 Å². The van der Waals surface area contributed by atoms with Gasteiger partial charge in [0.15, 0.2) is 0 Å². The highest BCUT2D eigenvalue weighted by Crippen LogP contribution is 2.24. The molecule has 0 aliphatic heterocycles. The highest BCUT2D eigenvalue weighted by atomic mass is 16.5. The molecule has 0 saturated carbocycles. The van der Waals surface area contributed by atoms with E-state index < -0.39 is 0 Å². The molecule has 1 aromatic carbocycles. The van der Waals surface area contributed by atoms with Crippen molar-refractivity contribution in [1.82, 2.24) is 0 Å². The zero-order chi connectivity index (χ0) is 11.3. The summed E-state index contributed by atoms with van der Waals surface area (Å²) in [5, 5.41) is 18.0. The van der Waals surface area contributed by atoms with Gasteiger partial charge in [0.05, 0.1) is 18.2 Å². The third-order valence-corrected chi connectivity index (χ3v) is 2.26. The predicted molar refractivity (Wildman–Crippen MR) is 57.8 cm³/mol. The molecule has 0 aliphatic rings. The van der Waals surface area contributed by atoms with Crippen molar-refractivity contribution in [1.29, 1.82) is 5.26 Å². The van der Waals surface area contributed by atoms with Crippen molar-refractivity contribution >= 4 is 0 Å². The first-order valence-corrected chi connectivity index (χ1v) is 5.00. The number of benzene rings is 1. The Morgan fingerprint density at radius 2 is 2.27 bits per heavy atom. The number of rotatable bonds is 4. The van der Waals surface area contributed by atoms with Gasteiger partial charge in [0.2, 0.25) is 0 Å². The van der Waals surface area contributed by atoms with Crippen LogP contribution in [-0.2, 0) is 0 Å². The van der Waals surface area contributed by atoms with Gasteiger partial charge in [-0.2, -0.15) is 5.26 Å². The molecule has 3 nitrogen and oxygen atoms in total. The van der Waals surface area contributed by atoms with E-state index in [9.17, 15) is 0 Å². The summed E-state index contributed by atoms with van der Waals surface area (Å²) >= 11 is 0. The zero-order valence-electron chi connectivity index (χ0n) is 9.03. The minimum atomic E-state index is -0.0416. The van der Waals surface area contributed by atoms with Gasteiger partial charge in [0.1, 0.15) is 5.75 Å². The zero-order valence-corrected chi connectivity index (χ0v) is 9.03. The van der Waals surface area contributed by atoms with E-state index in [1.807, 2.05) is 19.9 Å². The van der Waals surface area contributed by atoms with Gasteiger partial charge in [0.25, 0.3) is 0 Å². The van der Waals surface area contributed by atoms with Gasteiger partial charge in [-0.1, -0.05) is 6.92 Å². The van der Waals surface area contributed by atoms with Crippen LogP contribution >= 0.6 is 0 Å². The molecule has 1 atom stereocenters. The summed E-state index contributed by atoms with van der Waals surface area (Å²) in [7, 11) is 0. The topological polar surface area (TPSA) is 53.2 Å². The smallest absolute Gasteiger partial charge is 0.119 e. The first-order chi connectivity index (χ1) is 7.22. The summed E-state index contributed by atoms with van der Waals surface area (Å²) in [5.74, 6) is 0.701. The molecular weight excluding hydrogens is 190 g/mol. The average molecular weight is 205 g/mol. The van der Waals surface area contributed by atoms with Crippen LogP contribution in [0.15, 0.2) is 18.2 Å². The maximum absolute atomic E-state index is 9.08. The lowest BCUT2D eigenvalue weighted by Gasteiger charge is -2.12. The van der Waals surface area contributed by atoms with E-state index >= 15 is 0 Å². The van der Waals surface area contributed by atoms with Crippen LogP contribution in [0.2, 0.25) is 0 Å². The molecule has 0 spiro atoms. The van der Waals surface area contributed by atoms with Crippen molar-refractivity contribution in [3.05, 3.63) is 29.3 Å². The minimum absolute atomic E-state index is 0.0320. The molecule has 0 saturated heterocycles. The summed E-state index contributed by atoms with van der Waals surface area (Å²) in [6.07, 6.45) is 0. The van der Waals surface area contributed by atoms with E-state index in [1.54, 1.807) is 12.1 Å². The fraction of sp³-hybridized carbons (Fsp3) is 0.417. The SMILES string of the molecule is CCOc1ccc(C#N)c(C(C)CO)c1. The van der Waals surface area contributed by atoms with Gasteiger partial charge < -0.3 is 9.84 Å². The van der Waals surface area contributed by atoms with Crippen LogP contribution in [0.3, 0.4) is 0 Å². The molecule has 1 aromatic rings. The predicted octanol–water partition coefficient (Wildman–Crippen LogP) is 2.05. The number of hydrogen-bond acceptors (Lipinski definition) is 3. The van der Waals surface area contributed by atoms with Crippen LogP contribution in [0.4, 0.5) is 0 Å². The fourth-order valence-electron chi connectivity index (χ4n) is 1.41. The van der Waals surface area contributed by atoms with Gasteiger partial charge in [-0.05, 0) is 30.7 Å². The number of aliphatic hydroxyl groups is 1. The molecule has 0 aliphatic carbocycles. The largest absolute Gasteiger partial charge is 0.494 e. The summed E-state index contributed by atoms with van der Waals surface area (Å²) in [4.78, 5) is 0. The maximum Gasteiger partial charge on any atom is 0.119 e. The molecule has 0 heterocycles. The highest BCUT2D eigenvalue weighted by molar-refractivity contribution is 5.44. The Bertz CT molecular complexity index is 368. The second-order valence-electron chi connectivity index (χ2n) is 3.38. The summed E-state index contributed by atoms with van der Waals surface area (Å²) in [5.41, 5.74) is 1.44. The van der Waals surface area contributed by atoms with E-state index in [0.29, 0.717) is 12.2 Å². The summed E-state index contributed by atoms with van der Waals surface area (Å²) < 4.78 is 5.35. The van der Waals surface area contributed by atoms with Crippen LogP contribution in [0.25, 0.3) is 0 Å². The van der Waals surface area contributed by atoms with Gasteiger partial charge in [-0.25, -0.2) is 0 Å². The van der Waals surface area contributed by atoms with Crippen LogP contribution in [-0.4, -0.2) is 18.3 Å². The number of aliphatic hydroxyl groups excluding tert-OH is 1. The summed E-state index contributed by atoms with van der Waals surface area (Å²) in [6.45, 7) is 4.42. The third-order valence-electron chi connectivity index (χ3n) is 2.26. The van der Waals surface area contributed by atoms with Gasteiger partial charge in [-0.15, -0.1) is 0 Å². The van der Waals surface area contributed by atoms with Crippen LogP contribution in [0, 0.1) is 11.3 Å². The minimum Gasteiger partial charge on any atom is -0.494 e. The second kappa shape index (κ2) is 5.38. The molecule has 0 radical (unpaired) electrons. The van der Waals surface area contributed by atoms with Gasteiger partial charge >= 0.3 is 0 Å². The van der Waals surface area contributed by atoms with E-state index in [-0.39, 0.29) is 12.5 Å². The first kappa shape index (κ1) is 11.5. The van der Waals surface area contributed by atoms with Crippen molar-refractivity contribution in [2.24, 2.45) is 0 Å². The average Bonchev–Trinajstić information content (AvgIpc) is 2.28. The van der Waals surface area contributed by atoms with Crippen LogP contribution in [0.1, 0.15) is 30.9 Å². The van der Waals surface area contributed by atoms with Crippen LogP contribution < -0.4 is 4.74 Å². The van der Waals surface area contributed by atoms with Gasteiger partial charge in [-0.3, -0.25) is 0 Å². The standard InChI is InChI=1S/C12H15NO2/c1-3-15-11-5-4-10(7-13)12(6-11)9(2)8-14/h4-6,9,14H,3,8H2,1-2H3. The monoisotopic (exact) mass is 205 g/mol. The number of nitriles is 1. The fourth-order valence-corrected chi connectivity index (χ4v) is 1.41. The molecule has 15 heavy (non-hydrogen) atoms. The quantitative estimate of drug-likeness (QED) is 0.818. The molecule has 1 N–H and O–H groups in total. The normalized spacial score (nSPS) is 11.9. The number of ether oxygens (including phenoxy) is 1. The molecule has 80 valence electrons. The lowest BCUT2D eigenvalue weighted by atomic mass is 9.97. The van der Waals surface area contributed by atoms with Gasteiger partial charge in [0, 0.05) is 12.5 Å². The molecule has 0 bridgehead atoms. The third kappa shape index (κ3) is 2.71. The lowest BCUT2D eigenvalue weighted by Crippen LogP contribution is -2.03. The van der Waals surface area contributed by atoms with E-state index in [2.05, 4.69) is 6.07 Å². The Morgan fingerprint density at radius 1 is 1.53 bits per heavy atom. The molecule has 0 amide bonds. The lowest BCUT2D eigenvalue weighted by molar-refractivity contribution is 0.272. The van der Waals surface area contributed by atoms with Crippen LogP contribution in [0.5, 0.6) is 5.75 Å². The highest BCUT2D eigenvalue weighted by Gasteiger charge is 2.10. The maximum atomic E-state index is 9.08. The second-order valence-corrected chi connectivity index (χ2v) is 3.38. The van der Waals surface area contributed by atoms with Crippen molar-refractivity contribution < 1.29 is 9.84 Å². The molecule has 1 rings (SSSR count). The molecule has 1 unspecified atom stereocenters. The Balaban J connectivity index is 3.08. The molecule has 3 heteroatoms. The Morgan fingerprint density at radius 3 is 2.80 bits per heavy atom. The van der Waals surface area contributed by atoms with Crippen molar-refractivity contribution in [2.45, 2.75) is 19.8 Å².